The standard InChI is InChI=1S/C14H28N2O3/c1-11(14(18)15-7-8-19-2)16-10-13(17)9-12-5-3-4-6-12/h11-13,16-17H,3-10H2,1-2H3,(H,15,18). The molecule has 1 aliphatic rings. The van der Waals surface area contributed by atoms with E-state index in [4.69, 9.17) is 4.74 Å². The third-order valence-electron chi connectivity index (χ3n) is 3.74. The largest absolute Gasteiger partial charge is 0.392 e. The Bertz CT molecular complexity index is 255. The average Bonchev–Trinajstić information content (AvgIpc) is 2.88. The summed E-state index contributed by atoms with van der Waals surface area (Å²) in [5, 5.41) is 15.8. The van der Waals surface area contributed by atoms with Crippen LogP contribution in [0.1, 0.15) is 39.0 Å². The van der Waals surface area contributed by atoms with Crippen molar-refractivity contribution in [3.63, 3.8) is 0 Å². The highest BCUT2D eigenvalue weighted by Gasteiger charge is 2.20. The van der Waals surface area contributed by atoms with E-state index in [1.165, 1.54) is 25.7 Å². The topological polar surface area (TPSA) is 70.6 Å². The lowest BCUT2D eigenvalue weighted by molar-refractivity contribution is -0.123. The molecule has 0 radical (unpaired) electrons. The van der Waals surface area contributed by atoms with Gasteiger partial charge >= 0.3 is 0 Å². The number of amides is 1. The maximum absolute atomic E-state index is 11.7. The van der Waals surface area contributed by atoms with Crippen LogP contribution in [0.4, 0.5) is 0 Å². The SMILES string of the molecule is COCCNC(=O)C(C)NCC(O)CC1CCCC1. The molecule has 2 atom stereocenters. The predicted molar refractivity (Wildman–Crippen MR) is 74.9 cm³/mol. The summed E-state index contributed by atoms with van der Waals surface area (Å²) in [6.07, 6.45) is 5.57. The first kappa shape index (κ1) is 16.4. The van der Waals surface area contributed by atoms with Gasteiger partial charge in [-0.3, -0.25) is 4.79 Å². The van der Waals surface area contributed by atoms with E-state index in [1.54, 1.807) is 7.11 Å². The summed E-state index contributed by atoms with van der Waals surface area (Å²) in [4.78, 5) is 11.7. The first-order valence-corrected chi connectivity index (χ1v) is 7.31. The van der Waals surface area contributed by atoms with Crippen LogP contribution in [0.5, 0.6) is 0 Å². The second-order valence-corrected chi connectivity index (χ2v) is 5.45. The van der Waals surface area contributed by atoms with Crippen LogP contribution >= 0.6 is 0 Å². The molecular formula is C14H28N2O3. The van der Waals surface area contributed by atoms with Gasteiger partial charge in [-0.25, -0.2) is 0 Å². The summed E-state index contributed by atoms with van der Waals surface area (Å²) in [6.45, 7) is 3.33. The molecule has 1 fully saturated rings. The van der Waals surface area contributed by atoms with E-state index in [1.807, 2.05) is 6.92 Å². The average molecular weight is 272 g/mol. The zero-order valence-electron chi connectivity index (χ0n) is 12.2. The lowest BCUT2D eigenvalue weighted by atomic mass is 10.00. The fourth-order valence-corrected chi connectivity index (χ4v) is 2.55. The molecule has 1 amide bonds. The molecule has 112 valence electrons. The van der Waals surface area contributed by atoms with Gasteiger partial charge in [0.2, 0.25) is 5.91 Å². The van der Waals surface area contributed by atoms with E-state index >= 15 is 0 Å². The highest BCUT2D eigenvalue weighted by atomic mass is 16.5. The van der Waals surface area contributed by atoms with Crippen molar-refractivity contribution >= 4 is 5.91 Å². The Morgan fingerprint density at radius 1 is 1.42 bits per heavy atom. The number of aliphatic hydroxyl groups is 1. The van der Waals surface area contributed by atoms with Crippen molar-refractivity contribution in [1.29, 1.82) is 0 Å². The number of carbonyl (C=O) groups is 1. The highest BCUT2D eigenvalue weighted by Crippen LogP contribution is 2.28. The van der Waals surface area contributed by atoms with Crippen molar-refractivity contribution in [1.82, 2.24) is 10.6 Å². The Hall–Kier alpha value is -0.650. The molecule has 5 heteroatoms. The Morgan fingerprint density at radius 3 is 2.74 bits per heavy atom. The van der Waals surface area contributed by atoms with Gasteiger partial charge in [-0.1, -0.05) is 25.7 Å². The number of aliphatic hydroxyl groups excluding tert-OH is 1. The van der Waals surface area contributed by atoms with E-state index < -0.39 is 0 Å². The molecular weight excluding hydrogens is 244 g/mol. The van der Waals surface area contributed by atoms with Crippen LogP contribution < -0.4 is 10.6 Å². The Kier molecular flexibility index (Phi) is 8.02. The molecule has 3 N–H and O–H groups in total. The summed E-state index contributed by atoms with van der Waals surface area (Å²) in [5.41, 5.74) is 0. The second kappa shape index (κ2) is 9.28. The number of nitrogens with one attached hydrogen (secondary N) is 2. The minimum absolute atomic E-state index is 0.0508. The van der Waals surface area contributed by atoms with E-state index in [-0.39, 0.29) is 18.1 Å². The number of rotatable bonds is 9. The lowest BCUT2D eigenvalue weighted by Gasteiger charge is -2.19. The van der Waals surface area contributed by atoms with Gasteiger partial charge in [0.25, 0.3) is 0 Å². The summed E-state index contributed by atoms with van der Waals surface area (Å²) in [5.74, 6) is 0.618. The van der Waals surface area contributed by atoms with E-state index in [2.05, 4.69) is 10.6 Å². The second-order valence-electron chi connectivity index (χ2n) is 5.45. The van der Waals surface area contributed by atoms with Gasteiger partial charge in [-0.15, -0.1) is 0 Å². The molecule has 1 saturated carbocycles. The number of hydrogen-bond acceptors (Lipinski definition) is 4. The molecule has 0 bridgehead atoms. The molecule has 0 aromatic rings. The van der Waals surface area contributed by atoms with E-state index in [9.17, 15) is 9.90 Å². The normalized spacial score (nSPS) is 19.3. The molecule has 1 aliphatic carbocycles. The molecule has 0 aromatic carbocycles. The van der Waals surface area contributed by atoms with Crippen molar-refractivity contribution in [2.24, 2.45) is 5.92 Å². The maximum Gasteiger partial charge on any atom is 0.236 e. The van der Waals surface area contributed by atoms with Gasteiger partial charge in [0, 0.05) is 20.2 Å². The van der Waals surface area contributed by atoms with Crippen LogP contribution in [0.2, 0.25) is 0 Å². The molecule has 0 spiro atoms. The minimum Gasteiger partial charge on any atom is -0.392 e. The smallest absolute Gasteiger partial charge is 0.236 e. The van der Waals surface area contributed by atoms with Gasteiger partial charge in [0.05, 0.1) is 18.8 Å². The first-order valence-electron chi connectivity index (χ1n) is 7.31. The molecule has 0 saturated heterocycles. The third-order valence-corrected chi connectivity index (χ3v) is 3.74. The van der Waals surface area contributed by atoms with Crippen molar-refractivity contribution in [3.8, 4) is 0 Å². The molecule has 5 nitrogen and oxygen atoms in total. The van der Waals surface area contributed by atoms with Gasteiger partial charge in [-0.2, -0.15) is 0 Å². The summed E-state index contributed by atoms with van der Waals surface area (Å²) >= 11 is 0. The van der Waals surface area contributed by atoms with Crippen molar-refractivity contribution in [2.75, 3.05) is 26.8 Å². The predicted octanol–water partition coefficient (Wildman–Crippen LogP) is 0.668. The fourth-order valence-electron chi connectivity index (χ4n) is 2.55. The van der Waals surface area contributed by atoms with Crippen LogP contribution in [0.15, 0.2) is 0 Å². The minimum atomic E-state index is -0.350. The molecule has 0 aliphatic heterocycles. The molecule has 1 rings (SSSR count). The zero-order valence-corrected chi connectivity index (χ0v) is 12.2. The van der Waals surface area contributed by atoms with Crippen molar-refractivity contribution in [2.45, 2.75) is 51.2 Å². The third kappa shape index (κ3) is 6.89. The fraction of sp³-hybridized carbons (Fsp3) is 0.929. The Labute approximate surface area is 116 Å². The number of hydrogen-bond donors (Lipinski definition) is 3. The van der Waals surface area contributed by atoms with Crippen LogP contribution in [-0.4, -0.2) is 50.0 Å². The first-order chi connectivity index (χ1) is 9.13. The number of ether oxygens (including phenoxy) is 1. The zero-order chi connectivity index (χ0) is 14.1. The lowest BCUT2D eigenvalue weighted by Crippen LogP contribution is -2.45. The van der Waals surface area contributed by atoms with Gasteiger partial charge in [-0.05, 0) is 19.3 Å². The summed E-state index contributed by atoms with van der Waals surface area (Å²) < 4.78 is 4.87. The molecule has 19 heavy (non-hydrogen) atoms. The van der Waals surface area contributed by atoms with Crippen LogP contribution in [-0.2, 0) is 9.53 Å². The van der Waals surface area contributed by atoms with Crippen LogP contribution in [0.3, 0.4) is 0 Å². The summed E-state index contributed by atoms with van der Waals surface area (Å²) in [7, 11) is 1.60. The number of carbonyl (C=O) groups excluding carboxylic acids is 1. The Balaban J connectivity index is 2.10. The Morgan fingerprint density at radius 2 is 2.11 bits per heavy atom. The number of methoxy groups -OCH3 is 1. The van der Waals surface area contributed by atoms with Gasteiger partial charge < -0.3 is 20.5 Å². The molecule has 0 aromatic heterocycles. The monoisotopic (exact) mass is 272 g/mol. The molecule has 0 heterocycles. The van der Waals surface area contributed by atoms with Crippen molar-refractivity contribution in [3.05, 3.63) is 0 Å². The highest BCUT2D eigenvalue weighted by molar-refractivity contribution is 5.81. The molecule has 2 unspecified atom stereocenters. The van der Waals surface area contributed by atoms with Gasteiger partial charge in [0.15, 0.2) is 0 Å². The van der Waals surface area contributed by atoms with Crippen LogP contribution in [0, 0.1) is 5.92 Å². The van der Waals surface area contributed by atoms with E-state index in [0.717, 1.165) is 6.42 Å². The maximum atomic E-state index is 11.7. The quantitative estimate of drug-likeness (QED) is 0.540. The summed E-state index contributed by atoms with van der Waals surface area (Å²) in [6, 6.07) is -0.282. The van der Waals surface area contributed by atoms with E-state index in [0.29, 0.717) is 25.6 Å². The van der Waals surface area contributed by atoms with Crippen LogP contribution in [0.25, 0.3) is 0 Å². The van der Waals surface area contributed by atoms with Crippen molar-refractivity contribution < 1.29 is 14.6 Å². The van der Waals surface area contributed by atoms with Gasteiger partial charge in [0.1, 0.15) is 0 Å².